The maximum absolute atomic E-state index is 11.9. The van der Waals surface area contributed by atoms with Crippen LogP contribution in [-0.4, -0.2) is 18.5 Å². The normalized spacial score (nSPS) is 11.3. The topological polar surface area (TPSA) is 71.1 Å². The summed E-state index contributed by atoms with van der Waals surface area (Å²) < 4.78 is 10.6. The van der Waals surface area contributed by atoms with Gasteiger partial charge in [0.2, 0.25) is 5.75 Å². The number of carbonyl (C=O) groups excluding carboxylic acids is 2. The lowest BCUT2D eigenvalue weighted by atomic mass is 10.2. The van der Waals surface area contributed by atoms with Crippen LogP contribution < -0.4 is 9.62 Å². The number of esters is 1. The minimum Gasteiger partial charge on any atom is -0.485 e. The Morgan fingerprint density at radius 2 is 1.58 bits per heavy atom. The molecule has 6 heteroatoms. The van der Waals surface area contributed by atoms with E-state index < -0.39 is 17.9 Å². The van der Waals surface area contributed by atoms with Gasteiger partial charge in [-0.2, -0.15) is 0 Å². The zero-order chi connectivity index (χ0) is 18.8. The average molecular weight is 358 g/mol. The molecule has 6 nitrogen and oxygen atoms in total. The second-order valence-electron chi connectivity index (χ2n) is 5.60. The van der Waals surface area contributed by atoms with Crippen molar-refractivity contribution in [1.29, 1.82) is 0 Å². The van der Waals surface area contributed by atoms with Crippen molar-refractivity contribution in [3.05, 3.63) is 60.2 Å². The van der Waals surface area contributed by atoms with Gasteiger partial charge in [0.25, 0.3) is 0 Å². The fourth-order valence-electron chi connectivity index (χ4n) is 1.96. The average Bonchev–Trinajstić information content (AvgIpc) is 2.69. The monoisotopic (exact) mass is 358 g/mol. The first-order valence-corrected chi connectivity index (χ1v) is 8.42. The summed E-state index contributed by atoms with van der Waals surface area (Å²) >= 11 is 0. The van der Waals surface area contributed by atoms with Gasteiger partial charge in [-0.3, -0.25) is 9.68 Å². The van der Waals surface area contributed by atoms with Crippen LogP contribution in [0.4, 0.5) is 0 Å². The molecule has 0 radical (unpaired) electrons. The Bertz CT molecular complexity index is 713. The molecule has 1 atom stereocenters. The first-order chi connectivity index (χ1) is 12.6. The van der Waals surface area contributed by atoms with Gasteiger partial charge in [-0.15, -0.1) is 0 Å². The molecule has 0 N–H and O–H groups in total. The zero-order valence-corrected chi connectivity index (χ0v) is 14.8. The van der Waals surface area contributed by atoms with Gasteiger partial charge in [0.05, 0.1) is 6.61 Å². The highest BCUT2D eigenvalue weighted by Crippen LogP contribution is 2.27. The molecule has 0 aromatic heterocycles. The molecule has 0 aliphatic carbocycles. The van der Waals surface area contributed by atoms with Gasteiger partial charge in [-0.05, 0) is 31.0 Å². The van der Waals surface area contributed by atoms with Crippen LogP contribution in [0.15, 0.2) is 54.6 Å². The smallest absolute Gasteiger partial charge is 0.369 e. The van der Waals surface area contributed by atoms with Crippen LogP contribution in [0.1, 0.15) is 25.8 Å². The summed E-state index contributed by atoms with van der Waals surface area (Å²) in [5.41, 5.74) is 0.992. The van der Waals surface area contributed by atoms with Crippen molar-refractivity contribution in [3.63, 3.8) is 0 Å². The predicted octanol–water partition coefficient (Wildman–Crippen LogP) is 3.69. The Morgan fingerprint density at radius 3 is 2.27 bits per heavy atom. The molecule has 0 aliphatic heterocycles. The zero-order valence-electron chi connectivity index (χ0n) is 14.8. The fourth-order valence-corrected chi connectivity index (χ4v) is 1.96. The highest BCUT2D eigenvalue weighted by Gasteiger charge is 2.26. The number of ether oxygens (including phenoxy) is 2. The van der Waals surface area contributed by atoms with E-state index in [0.29, 0.717) is 18.8 Å². The molecule has 2 rings (SSSR count). The van der Waals surface area contributed by atoms with Crippen molar-refractivity contribution in [2.75, 3.05) is 6.61 Å². The number of benzene rings is 2. The molecule has 2 aromatic rings. The van der Waals surface area contributed by atoms with Crippen LogP contribution in [0, 0.1) is 5.92 Å². The maximum Gasteiger partial charge on any atom is 0.369 e. The Balaban J connectivity index is 1.91. The van der Waals surface area contributed by atoms with Crippen LogP contribution in [0.25, 0.3) is 0 Å². The summed E-state index contributed by atoms with van der Waals surface area (Å²) in [5.74, 6) is -1.88. The maximum atomic E-state index is 11.9. The lowest BCUT2D eigenvalue weighted by Crippen LogP contribution is -2.26. The number of hydrogen-bond acceptors (Lipinski definition) is 6. The van der Waals surface area contributed by atoms with E-state index in [2.05, 4.69) is 0 Å². The van der Waals surface area contributed by atoms with Gasteiger partial charge in [0, 0.05) is 0 Å². The molecule has 26 heavy (non-hydrogen) atoms. The van der Waals surface area contributed by atoms with Crippen molar-refractivity contribution in [2.45, 2.75) is 26.9 Å². The van der Waals surface area contributed by atoms with E-state index >= 15 is 0 Å². The Kier molecular flexibility index (Phi) is 7.49. The van der Waals surface area contributed by atoms with Gasteiger partial charge >= 0.3 is 11.9 Å². The van der Waals surface area contributed by atoms with E-state index in [1.807, 2.05) is 37.3 Å². The van der Waals surface area contributed by atoms with E-state index in [1.54, 1.807) is 24.3 Å². The lowest BCUT2D eigenvalue weighted by molar-refractivity contribution is -0.220. The molecular formula is C20H22O6. The fraction of sp³-hybridized carbons (Fsp3) is 0.300. The lowest BCUT2D eigenvalue weighted by Gasteiger charge is -2.13. The third-order valence-electron chi connectivity index (χ3n) is 3.46. The van der Waals surface area contributed by atoms with Gasteiger partial charge in [-0.25, -0.2) is 9.68 Å². The molecule has 0 fully saturated rings. The third-order valence-corrected chi connectivity index (χ3v) is 3.46. The van der Waals surface area contributed by atoms with Crippen molar-refractivity contribution in [2.24, 2.45) is 5.92 Å². The van der Waals surface area contributed by atoms with Crippen molar-refractivity contribution < 1.29 is 28.8 Å². The molecule has 0 spiro atoms. The summed E-state index contributed by atoms with van der Waals surface area (Å²) in [7, 11) is 0. The van der Waals surface area contributed by atoms with Gasteiger partial charge < -0.3 is 9.47 Å². The quantitative estimate of drug-likeness (QED) is 0.295. The molecule has 2 aromatic carbocycles. The molecule has 0 amide bonds. The number of hydrogen-bond donors (Lipinski definition) is 0. The molecule has 1 unspecified atom stereocenters. The highest BCUT2D eigenvalue weighted by atomic mass is 17.2. The van der Waals surface area contributed by atoms with Gasteiger partial charge in [-0.1, -0.05) is 49.4 Å². The van der Waals surface area contributed by atoms with E-state index in [4.69, 9.17) is 19.2 Å². The molecule has 0 saturated carbocycles. The summed E-state index contributed by atoms with van der Waals surface area (Å²) in [5, 5.41) is 0. The Labute approximate surface area is 152 Å². The first kappa shape index (κ1) is 19.3. The van der Waals surface area contributed by atoms with E-state index in [-0.39, 0.29) is 12.4 Å². The van der Waals surface area contributed by atoms with Gasteiger partial charge in [0.1, 0.15) is 6.61 Å². The minimum absolute atomic E-state index is 0.242. The van der Waals surface area contributed by atoms with Gasteiger partial charge in [0.15, 0.2) is 11.7 Å². The number of para-hydroxylation sites is 2. The van der Waals surface area contributed by atoms with Crippen molar-refractivity contribution in [1.82, 2.24) is 0 Å². The third kappa shape index (κ3) is 5.81. The van der Waals surface area contributed by atoms with Crippen LogP contribution in [0.2, 0.25) is 0 Å². The Hall–Kier alpha value is -3.02. The summed E-state index contributed by atoms with van der Waals surface area (Å²) in [4.78, 5) is 33.4. The minimum atomic E-state index is -1.07. The van der Waals surface area contributed by atoms with E-state index in [9.17, 15) is 9.59 Å². The SMILES string of the molecule is CCCOC(=O)C(C)C(=O)OOc1ccccc1OCc1ccccc1. The summed E-state index contributed by atoms with van der Waals surface area (Å²) in [6.07, 6.45) is 0.677. The molecule has 0 saturated heterocycles. The molecule has 0 heterocycles. The number of rotatable bonds is 9. The second-order valence-corrected chi connectivity index (χ2v) is 5.60. The first-order valence-electron chi connectivity index (χ1n) is 8.42. The van der Waals surface area contributed by atoms with E-state index in [0.717, 1.165) is 5.56 Å². The largest absolute Gasteiger partial charge is 0.485 e. The Morgan fingerprint density at radius 1 is 0.923 bits per heavy atom. The highest BCUT2D eigenvalue weighted by molar-refractivity contribution is 5.94. The second kappa shape index (κ2) is 10.1. The molecule has 0 bridgehead atoms. The van der Waals surface area contributed by atoms with E-state index in [1.165, 1.54) is 6.92 Å². The predicted molar refractivity (Wildman–Crippen MR) is 94.4 cm³/mol. The van der Waals surface area contributed by atoms with Crippen LogP contribution >= 0.6 is 0 Å². The standard InChI is InChI=1S/C20H22O6/c1-3-13-23-19(21)15(2)20(22)26-25-18-12-8-7-11-17(18)24-14-16-9-5-4-6-10-16/h4-12,15H,3,13-14H2,1-2H3. The molecule has 0 aliphatic rings. The van der Waals surface area contributed by atoms with Crippen molar-refractivity contribution >= 4 is 11.9 Å². The van der Waals surface area contributed by atoms with Crippen LogP contribution in [-0.2, 0) is 25.8 Å². The van der Waals surface area contributed by atoms with Crippen LogP contribution in [0.5, 0.6) is 11.5 Å². The molecule has 138 valence electrons. The van der Waals surface area contributed by atoms with Crippen molar-refractivity contribution in [3.8, 4) is 11.5 Å². The summed E-state index contributed by atoms with van der Waals surface area (Å²) in [6.45, 7) is 3.87. The molecular weight excluding hydrogens is 336 g/mol. The van der Waals surface area contributed by atoms with Crippen LogP contribution in [0.3, 0.4) is 0 Å². The number of carbonyl (C=O) groups is 2. The summed E-state index contributed by atoms with van der Waals surface area (Å²) in [6, 6.07) is 16.4.